The molecule has 0 aliphatic carbocycles. The number of hydrogen-bond acceptors (Lipinski definition) is 4. The molecule has 1 amide bonds. The van der Waals surface area contributed by atoms with Crippen LogP contribution >= 0.6 is 0 Å². The molecule has 0 bridgehead atoms. The minimum absolute atomic E-state index is 0.0243. The second-order valence-electron chi connectivity index (χ2n) is 8.55. The van der Waals surface area contributed by atoms with E-state index >= 15 is 0 Å². The van der Waals surface area contributed by atoms with E-state index in [0.717, 1.165) is 46.7 Å². The number of nitrogens with one attached hydrogen (secondary N) is 1. The molecule has 0 fully saturated rings. The lowest BCUT2D eigenvalue weighted by Gasteiger charge is -2.38. The Hall–Kier alpha value is -3.22. The van der Waals surface area contributed by atoms with Gasteiger partial charge in [0.25, 0.3) is 0 Å². The number of pyridine rings is 1. The van der Waals surface area contributed by atoms with Crippen molar-refractivity contribution < 1.29 is 9.18 Å². The summed E-state index contributed by atoms with van der Waals surface area (Å²) in [6, 6.07) is 8.37. The molecule has 0 radical (unpaired) electrons. The third-order valence-electron chi connectivity index (χ3n) is 5.79. The van der Waals surface area contributed by atoms with Crippen molar-refractivity contribution in [2.24, 2.45) is 5.92 Å². The van der Waals surface area contributed by atoms with E-state index < -0.39 is 0 Å². The van der Waals surface area contributed by atoms with E-state index in [1.807, 2.05) is 31.0 Å². The molecule has 1 aromatic carbocycles. The van der Waals surface area contributed by atoms with E-state index in [2.05, 4.69) is 35.2 Å². The van der Waals surface area contributed by atoms with Crippen LogP contribution in [0.15, 0.2) is 42.7 Å². The smallest absolute Gasteiger partial charge is 0.247 e. The van der Waals surface area contributed by atoms with Gasteiger partial charge in [-0.3, -0.25) is 14.5 Å². The summed E-state index contributed by atoms with van der Waals surface area (Å²) in [6.07, 6.45) is 5.49. The fourth-order valence-electron chi connectivity index (χ4n) is 4.22. The van der Waals surface area contributed by atoms with Crippen LogP contribution in [0.2, 0.25) is 0 Å². The van der Waals surface area contributed by atoms with Gasteiger partial charge in [-0.05, 0) is 55.0 Å². The SMILES string of the molecule is Cc1nc(CCc2cnn(Cc3ccc(F)cc3)c2)cc2c1NC(=O)[C@H](C(C)C)N2C. The number of aromatic nitrogens is 3. The van der Waals surface area contributed by atoms with Gasteiger partial charge in [0, 0.05) is 18.9 Å². The predicted octanol–water partition coefficient (Wildman–Crippen LogP) is 3.97. The lowest BCUT2D eigenvalue weighted by molar-refractivity contribution is -0.118. The quantitative estimate of drug-likeness (QED) is 0.654. The third-order valence-corrected chi connectivity index (χ3v) is 5.79. The zero-order valence-corrected chi connectivity index (χ0v) is 18.4. The third kappa shape index (κ3) is 4.45. The van der Waals surface area contributed by atoms with Gasteiger partial charge in [0.1, 0.15) is 11.9 Å². The molecule has 2 aromatic heterocycles. The van der Waals surface area contributed by atoms with Crippen molar-refractivity contribution in [1.29, 1.82) is 0 Å². The Bertz CT molecular complexity index is 1090. The minimum Gasteiger partial charge on any atom is -0.361 e. The van der Waals surface area contributed by atoms with Crippen molar-refractivity contribution >= 4 is 17.3 Å². The van der Waals surface area contributed by atoms with Gasteiger partial charge < -0.3 is 10.2 Å². The molecule has 31 heavy (non-hydrogen) atoms. The molecule has 0 saturated carbocycles. The van der Waals surface area contributed by atoms with Crippen LogP contribution in [0.25, 0.3) is 0 Å². The average molecular weight is 422 g/mol. The second kappa shape index (κ2) is 8.49. The van der Waals surface area contributed by atoms with Crippen LogP contribution in [0.3, 0.4) is 0 Å². The molecule has 1 N–H and O–H groups in total. The summed E-state index contributed by atoms with van der Waals surface area (Å²) in [6.45, 7) is 6.67. The minimum atomic E-state index is -0.234. The maximum Gasteiger partial charge on any atom is 0.247 e. The number of anilines is 2. The van der Waals surface area contributed by atoms with Crippen LogP contribution in [0, 0.1) is 18.7 Å². The zero-order valence-electron chi connectivity index (χ0n) is 18.4. The van der Waals surface area contributed by atoms with E-state index in [-0.39, 0.29) is 23.7 Å². The Morgan fingerprint density at radius 1 is 1.16 bits per heavy atom. The maximum absolute atomic E-state index is 13.1. The number of aryl methyl sites for hydroxylation is 3. The summed E-state index contributed by atoms with van der Waals surface area (Å²) in [5, 5.41) is 7.47. The highest BCUT2D eigenvalue weighted by Crippen LogP contribution is 2.35. The predicted molar refractivity (Wildman–Crippen MR) is 120 cm³/mol. The Labute approximate surface area is 182 Å². The molecule has 1 aliphatic heterocycles. The maximum atomic E-state index is 13.1. The van der Waals surface area contributed by atoms with Crippen molar-refractivity contribution in [2.75, 3.05) is 17.3 Å². The van der Waals surface area contributed by atoms with Crippen molar-refractivity contribution in [3.63, 3.8) is 0 Å². The van der Waals surface area contributed by atoms with Gasteiger partial charge in [-0.25, -0.2) is 4.39 Å². The molecule has 0 spiro atoms. The van der Waals surface area contributed by atoms with Crippen molar-refractivity contribution in [2.45, 2.75) is 46.2 Å². The van der Waals surface area contributed by atoms with Gasteiger partial charge in [0.05, 0.1) is 29.8 Å². The lowest BCUT2D eigenvalue weighted by atomic mass is 9.97. The van der Waals surface area contributed by atoms with Crippen molar-refractivity contribution in [1.82, 2.24) is 14.8 Å². The molecule has 3 aromatic rings. The standard InChI is InChI=1S/C24H28FN5O/c1-15(2)23-24(31)28-22-16(3)27-20(11-21(22)29(23)4)10-7-18-12-26-30(14-18)13-17-5-8-19(25)9-6-17/h5-6,8-9,11-12,14-15,23H,7,10,13H2,1-4H3,(H,28,31)/t23-/m0/s1. The molecule has 4 rings (SSSR count). The zero-order chi connectivity index (χ0) is 22.1. The molecule has 3 heterocycles. The summed E-state index contributed by atoms with van der Waals surface area (Å²) < 4.78 is 14.9. The van der Waals surface area contributed by atoms with Crippen molar-refractivity contribution in [3.05, 3.63) is 71.1 Å². The number of amides is 1. The fraction of sp³-hybridized carbons (Fsp3) is 0.375. The molecular weight excluding hydrogens is 393 g/mol. The number of fused-ring (bicyclic) bond motifs is 1. The molecule has 162 valence electrons. The highest BCUT2D eigenvalue weighted by atomic mass is 19.1. The van der Waals surface area contributed by atoms with Crippen LogP contribution < -0.4 is 10.2 Å². The van der Waals surface area contributed by atoms with Gasteiger partial charge in [-0.1, -0.05) is 26.0 Å². The van der Waals surface area contributed by atoms with Crippen LogP contribution in [-0.4, -0.2) is 33.8 Å². The number of rotatable bonds is 6. The number of hydrogen-bond donors (Lipinski definition) is 1. The first kappa shape index (κ1) is 21.0. The Balaban J connectivity index is 1.46. The molecule has 0 unspecified atom stereocenters. The number of benzene rings is 1. The molecular formula is C24H28FN5O. The van der Waals surface area contributed by atoms with Gasteiger partial charge in [-0.2, -0.15) is 5.10 Å². The van der Waals surface area contributed by atoms with E-state index in [9.17, 15) is 9.18 Å². The Kier molecular flexibility index (Phi) is 5.76. The molecule has 0 saturated heterocycles. The first-order valence-electron chi connectivity index (χ1n) is 10.6. The van der Waals surface area contributed by atoms with Gasteiger partial charge >= 0.3 is 0 Å². The highest BCUT2D eigenvalue weighted by molar-refractivity contribution is 6.04. The highest BCUT2D eigenvalue weighted by Gasteiger charge is 2.34. The summed E-state index contributed by atoms with van der Waals surface area (Å²) in [5.41, 5.74) is 5.79. The second-order valence-corrected chi connectivity index (χ2v) is 8.55. The number of carbonyl (C=O) groups excluding carboxylic acids is 1. The Morgan fingerprint density at radius 2 is 1.90 bits per heavy atom. The van der Waals surface area contributed by atoms with Gasteiger partial charge in [0.15, 0.2) is 0 Å². The summed E-state index contributed by atoms with van der Waals surface area (Å²) >= 11 is 0. The number of halogens is 1. The number of carbonyl (C=O) groups is 1. The monoisotopic (exact) mass is 421 g/mol. The fourth-order valence-corrected chi connectivity index (χ4v) is 4.22. The van der Waals surface area contributed by atoms with E-state index in [1.54, 1.807) is 12.1 Å². The van der Waals surface area contributed by atoms with Gasteiger partial charge in [0.2, 0.25) is 5.91 Å². The average Bonchev–Trinajstić information content (AvgIpc) is 3.16. The van der Waals surface area contributed by atoms with E-state index in [4.69, 9.17) is 4.98 Å². The first-order chi connectivity index (χ1) is 14.8. The topological polar surface area (TPSA) is 63.1 Å². The van der Waals surface area contributed by atoms with E-state index in [0.29, 0.717) is 6.54 Å². The van der Waals surface area contributed by atoms with Gasteiger partial charge in [-0.15, -0.1) is 0 Å². The van der Waals surface area contributed by atoms with E-state index in [1.165, 1.54) is 12.1 Å². The van der Waals surface area contributed by atoms with Crippen LogP contribution in [0.5, 0.6) is 0 Å². The first-order valence-corrected chi connectivity index (χ1v) is 10.6. The van der Waals surface area contributed by atoms with Crippen LogP contribution in [0.4, 0.5) is 15.8 Å². The molecule has 7 heteroatoms. The normalized spacial score (nSPS) is 15.9. The number of likely N-dealkylation sites (N-methyl/N-ethyl adjacent to an activating group) is 1. The van der Waals surface area contributed by atoms with Crippen molar-refractivity contribution in [3.8, 4) is 0 Å². The summed E-state index contributed by atoms with van der Waals surface area (Å²) in [5.74, 6) is 0.000842. The lowest BCUT2D eigenvalue weighted by Crippen LogP contribution is -2.49. The summed E-state index contributed by atoms with van der Waals surface area (Å²) in [7, 11) is 1.98. The summed E-state index contributed by atoms with van der Waals surface area (Å²) in [4.78, 5) is 19.3. The largest absolute Gasteiger partial charge is 0.361 e. The number of nitrogens with zero attached hydrogens (tertiary/aromatic N) is 4. The van der Waals surface area contributed by atoms with Crippen LogP contribution in [0.1, 0.15) is 36.4 Å². The van der Waals surface area contributed by atoms with Crippen LogP contribution in [-0.2, 0) is 24.2 Å². The molecule has 1 atom stereocenters. The molecule has 6 nitrogen and oxygen atoms in total. The molecule has 1 aliphatic rings. The Morgan fingerprint density at radius 3 is 2.61 bits per heavy atom.